The third-order valence-electron chi connectivity index (χ3n) is 3.97. The Kier molecular flexibility index (Phi) is 4.04. The zero-order valence-electron chi connectivity index (χ0n) is 11.4. The molecule has 0 radical (unpaired) electrons. The van der Waals surface area contributed by atoms with Crippen molar-refractivity contribution in [3.63, 3.8) is 0 Å². The molecule has 7 nitrogen and oxygen atoms in total. The van der Waals surface area contributed by atoms with Gasteiger partial charge in [-0.1, -0.05) is 6.42 Å². The lowest BCUT2D eigenvalue weighted by Gasteiger charge is -2.18. The van der Waals surface area contributed by atoms with Crippen LogP contribution in [-0.2, 0) is 14.1 Å². The van der Waals surface area contributed by atoms with Gasteiger partial charge in [0.1, 0.15) is 0 Å². The molecule has 2 unspecified atom stereocenters. The van der Waals surface area contributed by atoms with Crippen LogP contribution in [0.1, 0.15) is 19.3 Å². The minimum Gasteiger partial charge on any atom is -0.364 e. The van der Waals surface area contributed by atoms with E-state index in [2.05, 4.69) is 10.4 Å². The van der Waals surface area contributed by atoms with Crippen LogP contribution in [0.25, 0.3) is 0 Å². The van der Waals surface area contributed by atoms with Crippen LogP contribution in [0.5, 0.6) is 0 Å². The number of nitrogens with one attached hydrogen (secondary N) is 1. The summed E-state index contributed by atoms with van der Waals surface area (Å²) >= 11 is 0. The standard InChI is InChI=1S/C12H21N5O2/c1-16-11(18)10(15-17(2)12(16)19)14-7-9-5-3-4-8(9)6-13/h8-9H,3-7,13H2,1-2H3,(H,14,15). The molecule has 1 heterocycles. The van der Waals surface area contributed by atoms with E-state index in [1.54, 1.807) is 0 Å². The summed E-state index contributed by atoms with van der Waals surface area (Å²) in [6.45, 7) is 1.37. The SMILES string of the molecule is Cn1nc(NCC2CCCC2CN)c(=O)n(C)c1=O. The Morgan fingerprint density at radius 1 is 1.32 bits per heavy atom. The molecule has 0 saturated heterocycles. The zero-order chi connectivity index (χ0) is 14.0. The largest absolute Gasteiger partial charge is 0.364 e. The monoisotopic (exact) mass is 267 g/mol. The highest BCUT2D eigenvalue weighted by Gasteiger charge is 2.26. The molecule has 0 aromatic carbocycles. The number of nitrogens with zero attached hydrogens (tertiary/aromatic N) is 3. The molecule has 1 aliphatic rings. The fourth-order valence-corrected chi connectivity index (χ4v) is 2.73. The number of hydrogen-bond acceptors (Lipinski definition) is 5. The first-order valence-corrected chi connectivity index (χ1v) is 6.63. The molecule has 19 heavy (non-hydrogen) atoms. The Balaban J connectivity index is 2.12. The van der Waals surface area contributed by atoms with E-state index in [9.17, 15) is 9.59 Å². The van der Waals surface area contributed by atoms with E-state index in [1.807, 2.05) is 0 Å². The van der Waals surface area contributed by atoms with Crippen molar-refractivity contribution in [2.24, 2.45) is 31.7 Å². The van der Waals surface area contributed by atoms with Crippen LogP contribution in [-0.4, -0.2) is 27.4 Å². The van der Waals surface area contributed by atoms with Crippen molar-refractivity contribution in [1.29, 1.82) is 0 Å². The lowest BCUT2D eigenvalue weighted by atomic mass is 9.96. The second kappa shape index (κ2) is 5.56. The molecule has 0 spiro atoms. The molecule has 3 N–H and O–H groups in total. The van der Waals surface area contributed by atoms with E-state index in [-0.39, 0.29) is 11.4 Å². The quantitative estimate of drug-likeness (QED) is 0.749. The van der Waals surface area contributed by atoms with Crippen molar-refractivity contribution in [3.8, 4) is 0 Å². The number of hydrogen-bond donors (Lipinski definition) is 2. The second-order valence-electron chi connectivity index (χ2n) is 5.19. The molecule has 106 valence electrons. The number of anilines is 1. The lowest BCUT2D eigenvalue weighted by molar-refractivity contribution is 0.413. The first kappa shape index (κ1) is 13.8. The lowest BCUT2D eigenvalue weighted by Crippen LogP contribution is -2.40. The summed E-state index contributed by atoms with van der Waals surface area (Å²) in [4.78, 5) is 23.4. The van der Waals surface area contributed by atoms with E-state index >= 15 is 0 Å². The van der Waals surface area contributed by atoms with Crippen molar-refractivity contribution in [1.82, 2.24) is 14.3 Å². The van der Waals surface area contributed by atoms with E-state index in [1.165, 1.54) is 25.2 Å². The molecule has 1 aromatic heterocycles. The van der Waals surface area contributed by atoms with Gasteiger partial charge in [0, 0.05) is 20.6 Å². The summed E-state index contributed by atoms with van der Waals surface area (Å²) in [6, 6.07) is 0. The van der Waals surface area contributed by atoms with Crippen LogP contribution in [0, 0.1) is 11.8 Å². The number of aromatic nitrogens is 3. The normalized spacial score (nSPS) is 22.7. The van der Waals surface area contributed by atoms with Crippen LogP contribution in [0.4, 0.5) is 5.82 Å². The Morgan fingerprint density at radius 2 is 2.00 bits per heavy atom. The highest BCUT2D eigenvalue weighted by molar-refractivity contribution is 5.29. The molecule has 0 amide bonds. The number of aryl methyl sites for hydroxylation is 1. The molecule has 0 bridgehead atoms. The van der Waals surface area contributed by atoms with E-state index in [4.69, 9.17) is 5.73 Å². The summed E-state index contributed by atoms with van der Waals surface area (Å²) in [5, 5.41) is 7.04. The first-order chi connectivity index (χ1) is 9.04. The van der Waals surface area contributed by atoms with Crippen LogP contribution in [0.2, 0.25) is 0 Å². The predicted molar refractivity (Wildman–Crippen MR) is 73.1 cm³/mol. The average molecular weight is 267 g/mol. The highest BCUT2D eigenvalue weighted by atomic mass is 16.2. The van der Waals surface area contributed by atoms with E-state index < -0.39 is 5.69 Å². The maximum Gasteiger partial charge on any atom is 0.346 e. The average Bonchev–Trinajstić information content (AvgIpc) is 2.86. The molecule has 0 aliphatic heterocycles. The molecule has 1 fully saturated rings. The Morgan fingerprint density at radius 3 is 2.68 bits per heavy atom. The van der Waals surface area contributed by atoms with E-state index in [0.717, 1.165) is 17.4 Å². The Hall–Kier alpha value is -1.63. The minimum absolute atomic E-state index is 0.229. The summed E-state index contributed by atoms with van der Waals surface area (Å²) < 4.78 is 2.23. The van der Waals surface area contributed by atoms with Crippen LogP contribution in [0.3, 0.4) is 0 Å². The zero-order valence-corrected chi connectivity index (χ0v) is 11.4. The van der Waals surface area contributed by atoms with Crippen LogP contribution < -0.4 is 22.3 Å². The van der Waals surface area contributed by atoms with Crippen molar-refractivity contribution >= 4 is 5.82 Å². The molecule has 1 aliphatic carbocycles. The highest BCUT2D eigenvalue weighted by Crippen LogP contribution is 2.30. The van der Waals surface area contributed by atoms with Gasteiger partial charge in [-0.25, -0.2) is 9.48 Å². The molecule has 2 atom stereocenters. The van der Waals surface area contributed by atoms with Gasteiger partial charge in [0.15, 0.2) is 0 Å². The molecular formula is C12H21N5O2. The third-order valence-corrected chi connectivity index (χ3v) is 3.97. The summed E-state index contributed by atoms with van der Waals surface area (Å²) in [5.74, 6) is 1.23. The number of rotatable bonds is 4. The molecule has 1 saturated carbocycles. The smallest absolute Gasteiger partial charge is 0.346 e. The minimum atomic E-state index is -0.420. The maximum atomic E-state index is 11.9. The van der Waals surface area contributed by atoms with Gasteiger partial charge in [-0.05, 0) is 31.2 Å². The summed E-state index contributed by atoms with van der Waals surface area (Å²) in [6.07, 6.45) is 3.47. The second-order valence-corrected chi connectivity index (χ2v) is 5.19. The maximum absolute atomic E-state index is 11.9. The van der Waals surface area contributed by atoms with Crippen molar-refractivity contribution in [2.45, 2.75) is 19.3 Å². The Bertz CT molecular complexity index is 562. The fraction of sp³-hybridized carbons (Fsp3) is 0.750. The van der Waals surface area contributed by atoms with Gasteiger partial charge in [-0.3, -0.25) is 9.36 Å². The first-order valence-electron chi connectivity index (χ1n) is 6.63. The van der Waals surface area contributed by atoms with Gasteiger partial charge in [0.05, 0.1) is 0 Å². The van der Waals surface area contributed by atoms with Gasteiger partial charge in [0.2, 0.25) is 5.82 Å². The third kappa shape index (κ3) is 2.70. The van der Waals surface area contributed by atoms with Crippen molar-refractivity contribution < 1.29 is 0 Å². The molecule has 7 heteroatoms. The van der Waals surface area contributed by atoms with Crippen LogP contribution >= 0.6 is 0 Å². The predicted octanol–water partition coefficient (Wildman–Crippen LogP) is -0.734. The fourth-order valence-electron chi connectivity index (χ4n) is 2.73. The van der Waals surface area contributed by atoms with Gasteiger partial charge in [0.25, 0.3) is 5.56 Å². The molecule has 2 rings (SSSR count). The van der Waals surface area contributed by atoms with Gasteiger partial charge in [-0.2, -0.15) is 0 Å². The molecular weight excluding hydrogens is 246 g/mol. The van der Waals surface area contributed by atoms with Gasteiger partial charge < -0.3 is 11.1 Å². The summed E-state index contributed by atoms with van der Waals surface area (Å²) in [5.41, 5.74) is 4.93. The van der Waals surface area contributed by atoms with Crippen molar-refractivity contribution in [3.05, 3.63) is 20.8 Å². The topological polar surface area (TPSA) is 94.9 Å². The van der Waals surface area contributed by atoms with Crippen LogP contribution in [0.15, 0.2) is 9.59 Å². The van der Waals surface area contributed by atoms with Crippen molar-refractivity contribution in [2.75, 3.05) is 18.4 Å². The van der Waals surface area contributed by atoms with Gasteiger partial charge in [-0.15, -0.1) is 5.10 Å². The molecule has 1 aromatic rings. The number of nitrogens with two attached hydrogens (primary N) is 1. The van der Waals surface area contributed by atoms with E-state index in [0.29, 0.717) is 24.9 Å². The van der Waals surface area contributed by atoms with Gasteiger partial charge >= 0.3 is 5.69 Å². The Labute approximate surface area is 111 Å². The summed E-state index contributed by atoms with van der Waals surface area (Å²) in [7, 11) is 2.99.